The van der Waals surface area contributed by atoms with Crippen molar-refractivity contribution in [2.45, 2.75) is 50.4 Å². The summed E-state index contributed by atoms with van der Waals surface area (Å²) in [7, 11) is 0. The van der Waals surface area contributed by atoms with Gasteiger partial charge in [0, 0.05) is 13.2 Å². The van der Waals surface area contributed by atoms with Crippen LogP contribution in [0, 0.1) is 5.92 Å². The molecule has 0 spiro atoms. The van der Waals surface area contributed by atoms with E-state index >= 15 is 0 Å². The number of carboxylic acids is 1. The van der Waals surface area contributed by atoms with E-state index in [9.17, 15) is 25.2 Å². The smallest absolute Gasteiger partial charge is 0.309 e. The standard InChI is InChI=1S/C17H25N5O7/c1-2-4-28-5-3-8(17(26)27)10(23)13-11(24)12(25)16(29-13)22-7-21-9-14(18)19-6-20-15(9)22/h6-8,10-13,16,23-25H,2-5H2,1H3,(H,26,27)(H2,18,19,20)/t8?,10?,11-,12-,13+,16+/m0/s1. The number of nitrogen functional groups attached to an aromatic ring is 1. The molecule has 12 heteroatoms. The average molecular weight is 411 g/mol. The molecule has 12 nitrogen and oxygen atoms in total. The number of ether oxygens (including phenoxy) is 2. The molecule has 29 heavy (non-hydrogen) atoms. The molecule has 160 valence electrons. The van der Waals surface area contributed by atoms with E-state index in [0.29, 0.717) is 12.1 Å². The van der Waals surface area contributed by atoms with Gasteiger partial charge in [-0.2, -0.15) is 0 Å². The Morgan fingerprint density at radius 1 is 1.31 bits per heavy atom. The quantitative estimate of drug-likeness (QED) is 0.315. The van der Waals surface area contributed by atoms with Gasteiger partial charge in [0.25, 0.3) is 0 Å². The van der Waals surface area contributed by atoms with Crippen molar-refractivity contribution >= 4 is 23.0 Å². The fourth-order valence-corrected chi connectivity index (χ4v) is 3.38. The van der Waals surface area contributed by atoms with Crippen molar-refractivity contribution in [1.82, 2.24) is 19.5 Å². The number of hydrogen-bond acceptors (Lipinski definition) is 10. The maximum Gasteiger partial charge on any atom is 0.309 e. The number of aliphatic hydroxyl groups excluding tert-OH is 3. The summed E-state index contributed by atoms with van der Waals surface area (Å²) >= 11 is 0. The first-order valence-electron chi connectivity index (χ1n) is 9.30. The minimum atomic E-state index is -1.57. The van der Waals surface area contributed by atoms with Gasteiger partial charge in [-0.25, -0.2) is 15.0 Å². The second-order valence-electron chi connectivity index (χ2n) is 6.89. The molecule has 6 atom stereocenters. The SMILES string of the molecule is CCCOCCC(C(=O)O)C(O)[C@H]1O[C@@H](n2cnc3c(N)ncnc32)[C@@H](O)[C@@H]1O. The highest BCUT2D eigenvalue weighted by atomic mass is 16.6. The van der Waals surface area contributed by atoms with Gasteiger partial charge < -0.3 is 35.6 Å². The van der Waals surface area contributed by atoms with Crippen LogP contribution in [-0.2, 0) is 14.3 Å². The van der Waals surface area contributed by atoms with Crippen LogP contribution in [0.4, 0.5) is 5.82 Å². The minimum absolute atomic E-state index is 0.0294. The van der Waals surface area contributed by atoms with Gasteiger partial charge >= 0.3 is 5.97 Å². The Labute approximate surface area is 165 Å². The number of hydrogen-bond donors (Lipinski definition) is 5. The number of anilines is 1. The number of aliphatic hydroxyl groups is 3. The maximum atomic E-state index is 11.6. The summed E-state index contributed by atoms with van der Waals surface area (Å²) in [6.45, 7) is 2.54. The van der Waals surface area contributed by atoms with E-state index in [1.54, 1.807) is 0 Å². The summed E-state index contributed by atoms with van der Waals surface area (Å²) in [6.07, 6.45) is -3.67. The molecule has 0 radical (unpaired) electrons. The molecule has 0 aromatic carbocycles. The molecule has 3 rings (SSSR count). The fraction of sp³-hybridized carbons (Fsp3) is 0.647. The number of aromatic nitrogens is 4. The van der Waals surface area contributed by atoms with Gasteiger partial charge in [-0.3, -0.25) is 9.36 Å². The number of rotatable bonds is 9. The Morgan fingerprint density at radius 2 is 2.07 bits per heavy atom. The van der Waals surface area contributed by atoms with Gasteiger partial charge in [-0.15, -0.1) is 0 Å². The van der Waals surface area contributed by atoms with Crippen LogP contribution in [-0.4, -0.2) is 83.5 Å². The highest BCUT2D eigenvalue weighted by molar-refractivity contribution is 5.81. The third-order valence-corrected chi connectivity index (χ3v) is 4.92. The zero-order chi connectivity index (χ0) is 21.1. The average Bonchev–Trinajstić information content (AvgIpc) is 3.24. The van der Waals surface area contributed by atoms with Crippen molar-refractivity contribution in [3.05, 3.63) is 12.7 Å². The molecule has 2 aromatic rings. The molecule has 6 N–H and O–H groups in total. The molecule has 2 unspecified atom stereocenters. The predicted octanol–water partition coefficient (Wildman–Crippen LogP) is -1.09. The summed E-state index contributed by atoms with van der Waals surface area (Å²) < 4.78 is 12.3. The van der Waals surface area contributed by atoms with Crippen LogP contribution in [0.15, 0.2) is 12.7 Å². The van der Waals surface area contributed by atoms with Crippen LogP contribution in [0.25, 0.3) is 11.2 Å². The van der Waals surface area contributed by atoms with E-state index in [0.717, 1.165) is 6.42 Å². The van der Waals surface area contributed by atoms with Gasteiger partial charge in [0.1, 0.15) is 30.2 Å². The fourth-order valence-electron chi connectivity index (χ4n) is 3.38. The molecule has 1 saturated heterocycles. The van der Waals surface area contributed by atoms with Gasteiger partial charge in [-0.05, 0) is 12.8 Å². The van der Waals surface area contributed by atoms with Crippen molar-refractivity contribution in [1.29, 1.82) is 0 Å². The first-order chi connectivity index (χ1) is 13.9. The first-order valence-corrected chi connectivity index (χ1v) is 9.30. The molecule has 0 saturated carbocycles. The van der Waals surface area contributed by atoms with E-state index < -0.39 is 42.5 Å². The number of carbonyl (C=O) groups is 1. The summed E-state index contributed by atoms with van der Waals surface area (Å²) in [6, 6.07) is 0. The lowest BCUT2D eigenvalue weighted by Gasteiger charge is -2.26. The van der Waals surface area contributed by atoms with E-state index in [1.165, 1.54) is 17.2 Å². The number of imidazole rings is 1. The zero-order valence-electron chi connectivity index (χ0n) is 15.8. The summed E-state index contributed by atoms with van der Waals surface area (Å²) in [5.74, 6) is -2.36. The third-order valence-electron chi connectivity index (χ3n) is 4.92. The predicted molar refractivity (Wildman–Crippen MR) is 98.5 cm³/mol. The largest absolute Gasteiger partial charge is 0.481 e. The van der Waals surface area contributed by atoms with Gasteiger partial charge in [0.05, 0.1) is 18.3 Å². The first kappa shape index (κ1) is 21.3. The van der Waals surface area contributed by atoms with E-state index in [2.05, 4.69) is 15.0 Å². The molecule has 0 aliphatic carbocycles. The van der Waals surface area contributed by atoms with Crippen molar-refractivity contribution in [3.63, 3.8) is 0 Å². The second-order valence-corrected chi connectivity index (χ2v) is 6.89. The lowest BCUT2D eigenvalue weighted by Crippen LogP contribution is -2.45. The number of fused-ring (bicyclic) bond motifs is 1. The topological polar surface area (TPSA) is 186 Å². The third kappa shape index (κ3) is 4.16. The monoisotopic (exact) mass is 411 g/mol. The molecule has 1 fully saturated rings. The molecule has 2 aromatic heterocycles. The molecule has 3 heterocycles. The maximum absolute atomic E-state index is 11.6. The number of carboxylic acid groups (broad SMARTS) is 1. The highest BCUT2D eigenvalue weighted by Gasteiger charge is 2.50. The summed E-state index contributed by atoms with van der Waals surface area (Å²) in [5.41, 5.74) is 6.31. The van der Waals surface area contributed by atoms with Crippen LogP contribution >= 0.6 is 0 Å². The van der Waals surface area contributed by atoms with Crippen molar-refractivity contribution in [2.75, 3.05) is 18.9 Å². The van der Waals surface area contributed by atoms with Crippen LogP contribution in [0.1, 0.15) is 26.0 Å². The van der Waals surface area contributed by atoms with Gasteiger partial charge in [-0.1, -0.05) is 6.92 Å². The zero-order valence-corrected chi connectivity index (χ0v) is 15.8. The molecule has 0 amide bonds. The van der Waals surface area contributed by atoms with Crippen LogP contribution in [0.5, 0.6) is 0 Å². The Morgan fingerprint density at radius 3 is 2.76 bits per heavy atom. The van der Waals surface area contributed by atoms with Crippen LogP contribution in [0.3, 0.4) is 0 Å². The van der Waals surface area contributed by atoms with Crippen LogP contribution in [0.2, 0.25) is 0 Å². The number of nitrogens with two attached hydrogens (primary N) is 1. The molecular weight excluding hydrogens is 386 g/mol. The van der Waals surface area contributed by atoms with Crippen molar-refractivity contribution < 1.29 is 34.7 Å². The Bertz CT molecular complexity index is 847. The molecule has 0 bridgehead atoms. The minimum Gasteiger partial charge on any atom is -0.481 e. The normalized spacial score (nSPS) is 26.6. The highest BCUT2D eigenvalue weighted by Crippen LogP contribution is 2.35. The Balaban J connectivity index is 1.78. The van der Waals surface area contributed by atoms with Crippen molar-refractivity contribution in [3.8, 4) is 0 Å². The molecular formula is C17H25N5O7. The number of nitrogens with zero attached hydrogens (tertiary/aromatic N) is 4. The second kappa shape index (κ2) is 8.97. The van der Waals surface area contributed by atoms with Gasteiger partial charge in [0.15, 0.2) is 17.7 Å². The van der Waals surface area contributed by atoms with Crippen molar-refractivity contribution in [2.24, 2.45) is 5.92 Å². The lowest BCUT2D eigenvalue weighted by molar-refractivity contribution is -0.156. The van der Waals surface area contributed by atoms with E-state index in [-0.39, 0.29) is 24.5 Å². The molecule has 1 aliphatic heterocycles. The summed E-state index contributed by atoms with van der Waals surface area (Å²) in [4.78, 5) is 23.6. The van der Waals surface area contributed by atoms with Gasteiger partial charge in [0.2, 0.25) is 0 Å². The lowest BCUT2D eigenvalue weighted by atomic mass is 9.92. The summed E-state index contributed by atoms with van der Waals surface area (Å²) in [5, 5.41) is 40.9. The van der Waals surface area contributed by atoms with E-state index in [4.69, 9.17) is 15.2 Å². The van der Waals surface area contributed by atoms with E-state index in [1.807, 2.05) is 6.92 Å². The van der Waals surface area contributed by atoms with Crippen LogP contribution < -0.4 is 5.73 Å². The Hall–Kier alpha value is -2.38. The Kier molecular flexibility index (Phi) is 6.59. The molecule has 1 aliphatic rings. The number of aliphatic carboxylic acids is 1.